The van der Waals surface area contributed by atoms with Crippen LogP contribution in [0.5, 0.6) is 0 Å². The van der Waals surface area contributed by atoms with Crippen molar-refractivity contribution in [1.82, 2.24) is 15.6 Å². The van der Waals surface area contributed by atoms with E-state index in [0.717, 1.165) is 18.9 Å². The summed E-state index contributed by atoms with van der Waals surface area (Å²) in [4.78, 5) is 42.0. The Morgan fingerprint density at radius 3 is 2.46 bits per heavy atom. The summed E-state index contributed by atoms with van der Waals surface area (Å²) >= 11 is 0. The highest BCUT2D eigenvalue weighted by Crippen LogP contribution is 2.18. The molecule has 3 heterocycles. The van der Waals surface area contributed by atoms with Crippen LogP contribution in [-0.2, 0) is 9.59 Å². The van der Waals surface area contributed by atoms with Crippen LogP contribution in [0.3, 0.4) is 0 Å². The van der Waals surface area contributed by atoms with E-state index in [1.54, 1.807) is 18.3 Å². The lowest BCUT2D eigenvalue weighted by atomic mass is 10.1. The van der Waals surface area contributed by atoms with Crippen molar-refractivity contribution in [3.63, 3.8) is 0 Å². The van der Waals surface area contributed by atoms with Gasteiger partial charge in [-0.05, 0) is 43.5 Å². The first-order chi connectivity index (χ1) is 13.6. The van der Waals surface area contributed by atoms with Gasteiger partial charge in [0, 0.05) is 13.1 Å². The summed E-state index contributed by atoms with van der Waals surface area (Å²) in [6.45, 7) is 1.55. The minimum atomic E-state index is -0.496. The first-order valence-electron chi connectivity index (χ1n) is 9.21. The SMILES string of the molecule is O=C(CNC(=O)c1ccco1)NCC(=O)Nc1ccc(N2CCCCC2)nc1. The van der Waals surface area contributed by atoms with Crippen LogP contribution in [0.1, 0.15) is 29.8 Å². The summed E-state index contributed by atoms with van der Waals surface area (Å²) in [6, 6.07) is 6.74. The predicted octanol–water partition coefficient (Wildman–Crippen LogP) is 1.15. The minimum absolute atomic E-state index is 0.117. The number of pyridine rings is 1. The van der Waals surface area contributed by atoms with Crippen LogP contribution >= 0.6 is 0 Å². The summed E-state index contributed by atoms with van der Waals surface area (Å²) < 4.78 is 4.92. The highest BCUT2D eigenvalue weighted by molar-refractivity contribution is 5.96. The van der Waals surface area contributed by atoms with Gasteiger partial charge in [0.1, 0.15) is 5.82 Å². The molecule has 148 valence electrons. The zero-order chi connectivity index (χ0) is 19.8. The number of aromatic nitrogens is 1. The number of carbonyl (C=O) groups excluding carboxylic acids is 3. The number of piperidine rings is 1. The molecule has 0 radical (unpaired) electrons. The Kier molecular flexibility index (Phi) is 6.61. The Morgan fingerprint density at radius 1 is 1.00 bits per heavy atom. The molecule has 0 aromatic carbocycles. The fourth-order valence-corrected chi connectivity index (χ4v) is 2.87. The molecule has 0 saturated carbocycles. The van der Waals surface area contributed by atoms with E-state index in [-0.39, 0.29) is 24.8 Å². The zero-order valence-corrected chi connectivity index (χ0v) is 15.4. The Balaban J connectivity index is 1.37. The Labute approximate surface area is 162 Å². The molecule has 9 heteroatoms. The lowest BCUT2D eigenvalue weighted by molar-refractivity contribution is -0.123. The normalized spacial score (nSPS) is 13.6. The maximum absolute atomic E-state index is 12.0. The molecule has 9 nitrogen and oxygen atoms in total. The molecular weight excluding hydrogens is 362 g/mol. The molecule has 1 fully saturated rings. The molecule has 0 spiro atoms. The second-order valence-electron chi connectivity index (χ2n) is 6.44. The molecule has 2 aromatic rings. The first kappa shape index (κ1) is 19.4. The molecule has 1 aliphatic rings. The van der Waals surface area contributed by atoms with Crippen LogP contribution in [0.15, 0.2) is 41.1 Å². The number of rotatable bonds is 7. The van der Waals surface area contributed by atoms with Crippen molar-refractivity contribution < 1.29 is 18.8 Å². The maximum atomic E-state index is 12.0. The number of amides is 3. The topological polar surface area (TPSA) is 117 Å². The van der Waals surface area contributed by atoms with Crippen molar-refractivity contribution in [3.05, 3.63) is 42.5 Å². The van der Waals surface area contributed by atoms with Gasteiger partial charge in [-0.15, -0.1) is 0 Å². The van der Waals surface area contributed by atoms with Crippen molar-refractivity contribution in [2.45, 2.75) is 19.3 Å². The summed E-state index contributed by atoms with van der Waals surface area (Å²) in [5.41, 5.74) is 0.561. The lowest BCUT2D eigenvalue weighted by Gasteiger charge is -2.27. The average molecular weight is 385 g/mol. The van der Waals surface area contributed by atoms with Gasteiger partial charge in [-0.3, -0.25) is 14.4 Å². The van der Waals surface area contributed by atoms with Crippen LogP contribution in [0, 0.1) is 0 Å². The van der Waals surface area contributed by atoms with E-state index >= 15 is 0 Å². The van der Waals surface area contributed by atoms with Crippen LogP contribution < -0.4 is 20.9 Å². The van der Waals surface area contributed by atoms with Crippen molar-refractivity contribution in [1.29, 1.82) is 0 Å². The highest BCUT2D eigenvalue weighted by atomic mass is 16.3. The lowest BCUT2D eigenvalue weighted by Crippen LogP contribution is -2.40. The minimum Gasteiger partial charge on any atom is -0.459 e. The summed E-state index contributed by atoms with van der Waals surface area (Å²) in [5.74, 6) is -0.333. The molecule has 2 aromatic heterocycles. The second kappa shape index (κ2) is 9.54. The van der Waals surface area contributed by atoms with Gasteiger partial charge >= 0.3 is 0 Å². The largest absolute Gasteiger partial charge is 0.459 e. The van der Waals surface area contributed by atoms with E-state index in [0.29, 0.717) is 5.69 Å². The van der Waals surface area contributed by atoms with E-state index in [4.69, 9.17) is 4.42 Å². The number of carbonyl (C=O) groups is 3. The van der Waals surface area contributed by atoms with Gasteiger partial charge in [0.05, 0.1) is 31.2 Å². The van der Waals surface area contributed by atoms with Crippen molar-refractivity contribution in [2.75, 3.05) is 36.4 Å². The first-order valence-corrected chi connectivity index (χ1v) is 9.21. The molecule has 1 aliphatic heterocycles. The number of anilines is 2. The van der Waals surface area contributed by atoms with E-state index in [1.165, 1.54) is 31.6 Å². The van der Waals surface area contributed by atoms with E-state index < -0.39 is 11.8 Å². The zero-order valence-electron chi connectivity index (χ0n) is 15.4. The Hall–Kier alpha value is -3.36. The number of nitrogens with one attached hydrogen (secondary N) is 3. The van der Waals surface area contributed by atoms with Crippen LogP contribution in [0.2, 0.25) is 0 Å². The fourth-order valence-electron chi connectivity index (χ4n) is 2.87. The number of hydrogen-bond donors (Lipinski definition) is 3. The third-order valence-corrected chi connectivity index (χ3v) is 4.31. The molecule has 28 heavy (non-hydrogen) atoms. The fraction of sp³-hybridized carbons (Fsp3) is 0.368. The molecule has 3 rings (SSSR count). The highest BCUT2D eigenvalue weighted by Gasteiger charge is 2.13. The standard InChI is InChI=1S/C19H23N5O4/c25-17(12-22-19(27)15-5-4-10-28-15)21-13-18(26)23-14-6-7-16(20-11-14)24-8-2-1-3-9-24/h4-7,10-11H,1-3,8-9,12-13H2,(H,21,25)(H,22,27)(H,23,26). The van der Waals surface area contributed by atoms with Gasteiger partial charge in [0.25, 0.3) is 5.91 Å². The van der Waals surface area contributed by atoms with E-state index in [9.17, 15) is 14.4 Å². The van der Waals surface area contributed by atoms with Crippen molar-refractivity contribution in [3.8, 4) is 0 Å². The second-order valence-corrected chi connectivity index (χ2v) is 6.44. The molecule has 1 saturated heterocycles. The molecule has 0 bridgehead atoms. The number of hydrogen-bond acceptors (Lipinski definition) is 6. The van der Waals surface area contributed by atoms with Crippen LogP contribution in [0.25, 0.3) is 0 Å². The van der Waals surface area contributed by atoms with Crippen LogP contribution in [0.4, 0.5) is 11.5 Å². The van der Waals surface area contributed by atoms with Gasteiger partial charge in [-0.1, -0.05) is 0 Å². The van der Waals surface area contributed by atoms with Crippen molar-refractivity contribution in [2.24, 2.45) is 0 Å². The Morgan fingerprint density at radius 2 is 1.79 bits per heavy atom. The van der Waals surface area contributed by atoms with E-state index in [2.05, 4.69) is 25.8 Å². The van der Waals surface area contributed by atoms with Gasteiger partial charge in [0.2, 0.25) is 11.8 Å². The quantitative estimate of drug-likeness (QED) is 0.658. The molecule has 3 N–H and O–H groups in total. The molecule has 0 atom stereocenters. The van der Waals surface area contributed by atoms with Gasteiger partial charge in [0.15, 0.2) is 5.76 Å². The number of furan rings is 1. The smallest absolute Gasteiger partial charge is 0.287 e. The van der Waals surface area contributed by atoms with Gasteiger partial charge in [-0.25, -0.2) is 4.98 Å². The summed E-state index contributed by atoms with van der Waals surface area (Å²) in [6.07, 6.45) is 6.56. The summed E-state index contributed by atoms with van der Waals surface area (Å²) in [5, 5.41) is 7.52. The van der Waals surface area contributed by atoms with Gasteiger partial charge < -0.3 is 25.3 Å². The van der Waals surface area contributed by atoms with Crippen molar-refractivity contribution >= 4 is 29.2 Å². The molecule has 0 unspecified atom stereocenters. The average Bonchev–Trinajstić information content (AvgIpc) is 3.27. The number of nitrogens with zero attached hydrogens (tertiary/aromatic N) is 2. The Bertz CT molecular complexity index is 798. The monoisotopic (exact) mass is 385 g/mol. The third-order valence-electron chi connectivity index (χ3n) is 4.31. The van der Waals surface area contributed by atoms with E-state index in [1.807, 2.05) is 6.07 Å². The van der Waals surface area contributed by atoms with Gasteiger partial charge in [-0.2, -0.15) is 0 Å². The molecule has 3 amide bonds. The third kappa shape index (κ3) is 5.57. The predicted molar refractivity (Wildman–Crippen MR) is 103 cm³/mol. The summed E-state index contributed by atoms with van der Waals surface area (Å²) in [7, 11) is 0. The molecular formula is C19H23N5O4. The molecule has 0 aliphatic carbocycles. The van der Waals surface area contributed by atoms with Crippen LogP contribution in [-0.4, -0.2) is 48.9 Å². The maximum Gasteiger partial charge on any atom is 0.287 e.